The maximum atomic E-state index is 12.1. The summed E-state index contributed by atoms with van der Waals surface area (Å²) in [6.45, 7) is 4.23. The summed E-state index contributed by atoms with van der Waals surface area (Å²) in [5, 5.41) is 3.13. The van der Waals surface area contributed by atoms with Gasteiger partial charge in [-0.25, -0.2) is 0 Å². The molecule has 2 heteroatoms. The summed E-state index contributed by atoms with van der Waals surface area (Å²) in [5.74, 6) is 0.991. The van der Waals surface area contributed by atoms with E-state index in [1.54, 1.807) is 0 Å². The Balaban J connectivity index is 1.95. The van der Waals surface area contributed by atoms with E-state index in [4.69, 9.17) is 0 Å². The van der Waals surface area contributed by atoms with Gasteiger partial charge in [0.05, 0.1) is 6.04 Å². The zero-order chi connectivity index (χ0) is 12.3. The first-order valence-electron chi connectivity index (χ1n) is 6.54. The lowest BCUT2D eigenvalue weighted by atomic mass is 9.96. The third kappa shape index (κ3) is 2.87. The van der Waals surface area contributed by atoms with E-state index < -0.39 is 0 Å². The van der Waals surface area contributed by atoms with Crippen LogP contribution in [0.2, 0.25) is 0 Å². The molecule has 0 aromatic heterocycles. The average molecular weight is 231 g/mol. The van der Waals surface area contributed by atoms with Crippen LogP contribution in [0.25, 0.3) is 0 Å². The van der Waals surface area contributed by atoms with Crippen molar-refractivity contribution in [2.24, 2.45) is 11.8 Å². The lowest BCUT2D eigenvalue weighted by molar-refractivity contribution is -0.126. The van der Waals surface area contributed by atoms with E-state index in [2.05, 4.69) is 24.4 Å². The molecule has 1 aliphatic rings. The standard InChI is InChI=1S/C15H21NO/c1-11-7-6-10-14(11)15(17)16-12(2)13-8-4-3-5-9-13/h3-5,8-9,11-12,14H,6-7,10H2,1-2H3,(H,16,17). The smallest absolute Gasteiger partial charge is 0.223 e. The van der Waals surface area contributed by atoms with E-state index in [1.165, 1.54) is 18.4 Å². The van der Waals surface area contributed by atoms with E-state index in [-0.39, 0.29) is 17.9 Å². The summed E-state index contributed by atoms with van der Waals surface area (Å²) in [6, 6.07) is 10.2. The number of benzene rings is 1. The van der Waals surface area contributed by atoms with Gasteiger partial charge in [0.1, 0.15) is 0 Å². The van der Waals surface area contributed by atoms with Crippen LogP contribution in [0, 0.1) is 11.8 Å². The van der Waals surface area contributed by atoms with Crippen molar-refractivity contribution in [3.63, 3.8) is 0 Å². The number of hydrogen-bond acceptors (Lipinski definition) is 1. The molecule has 2 nitrogen and oxygen atoms in total. The quantitative estimate of drug-likeness (QED) is 0.849. The Morgan fingerprint density at radius 1 is 1.29 bits per heavy atom. The van der Waals surface area contributed by atoms with Crippen LogP contribution in [-0.2, 0) is 4.79 Å². The number of nitrogens with one attached hydrogen (secondary N) is 1. The first kappa shape index (κ1) is 12.2. The highest BCUT2D eigenvalue weighted by molar-refractivity contribution is 5.79. The molecular weight excluding hydrogens is 210 g/mol. The van der Waals surface area contributed by atoms with Crippen molar-refractivity contribution < 1.29 is 4.79 Å². The van der Waals surface area contributed by atoms with Crippen LogP contribution in [0.4, 0.5) is 0 Å². The van der Waals surface area contributed by atoms with Crippen molar-refractivity contribution in [1.29, 1.82) is 0 Å². The van der Waals surface area contributed by atoms with Gasteiger partial charge in [-0.3, -0.25) is 4.79 Å². The van der Waals surface area contributed by atoms with Gasteiger partial charge >= 0.3 is 0 Å². The molecule has 17 heavy (non-hydrogen) atoms. The van der Waals surface area contributed by atoms with Crippen LogP contribution >= 0.6 is 0 Å². The zero-order valence-corrected chi connectivity index (χ0v) is 10.6. The van der Waals surface area contributed by atoms with Gasteiger partial charge in [0.15, 0.2) is 0 Å². The molecule has 1 aromatic rings. The molecule has 1 N–H and O–H groups in total. The maximum absolute atomic E-state index is 12.1. The van der Waals surface area contributed by atoms with E-state index in [0.29, 0.717) is 5.92 Å². The van der Waals surface area contributed by atoms with E-state index in [1.807, 2.05) is 25.1 Å². The Hall–Kier alpha value is -1.31. The van der Waals surface area contributed by atoms with Crippen molar-refractivity contribution in [3.05, 3.63) is 35.9 Å². The third-order valence-electron chi connectivity index (χ3n) is 3.86. The van der Waals surface area contributed by atoms with Gasteiger partial charge in [-0.1, -0.05) is 43.7 Å². The fourth-order valence-electron chi connectivity index (χ4n) is 2.68. The Labute approximate surface area is 103 Å². The van der Waals surface area contributed by atoms with Gasteiger partial charge in [0.25, 0.3) is 0 Å². The van der Waals surface area contributed by atoms with Gasteiger partial charge in [-0.2, -0.15) is 0 Å². The largest absolute Gasteiger partial charge is 0.349 e. The normalized spacial score (nSPS) is 25.5. The molecular formula is C15H21NO. The van der Waals surface area contributed by atoms with E-state index in [9.17, 15) is 4.79 Å². The molecule has 0 aliphatic heterocycles. The summed E-state index contributed by atoms with van der Waals surface area (Å²) < 4.78 is 0. The Morgan fingerprint density at radius 2 is 2.00 bits per heavy atom. The SMILES string of the molecule is CC(NC(=O)C1CCCC1C)c1ccccc1. The van der Waals surface area contributed by atoms with Gasteiger partial charge in [-0.15, -0.1) is 0 Å². The summed E-state index contributed by atoms with van der Waals surface area (Å²) in [6.07, 6.45) is 3.44. The molecule has 1 fully saturated rings. The molecule has 3 unspecified atom stereocenters. The minimum absolute atomic E-state index is 0.108. The molecule has 1 amide bonds. The van der Waals surface area contributed by atoms with Crippen molar-refractivity contribution >= 4 is 5.91 Å². The maximum Gasteiger partial charge on any atom is 0.223 e. The molecule has 0 heterocycles. The number of amides is 1. The Kier molecular flexibility index (Phi) is 3.82. The van der Waals surface area contributed by atoms with E-state index in [0.717, 1.165) is 6.42 Å². The van der Waals surface area contributed by atoms with Crippen LogP contribution in [0.5, 0.6) is 0 Å². The summed E-state index contributed by atoms with van der Waals surface area (Å²) in [4.78, 5) is 12.1. The fourth-order valence-corrected chi connectivity index (χ4v) is 2.68. The predicted molar refractivity (Wildman–Crippen MR) is 69.5 cm³/mol. The van der Waals surface area contributed by atoms with Gasteiger partial charge in [-0.05, 0) is 31.2 Å². The number of hydrogen-bond donors (Lipinski definition) is 1. The summed E-state index contributed by atoms with van der Waals surface area (Å²) >= 11 is 0. The Morgan fingerprint density at radius 3 is 2.59 bits per heavy atom. The zero-order valence-electron chi connectivity index (χ0n) is 10.6. The molecule has 92 valence electrons. The fraction of sp³-hybridized carbons (Fsp3) is 0.533. The first-order chi connectivity index (χ1) is 8.18. The molecule has 0 bridgehead atoms. The van der Waals surface area contributed by atoms with Crippen LogP contribution in [0.1, 0.15) is 44.7 Å². The van der Waals surface area contributed by atoms with Crippen molar-refractivity contribution in [2.75, 3.05) is 0 Å². The highest BCUT2D eigenvalue weighted by Gasteiger charge is 2.30. The molecule has 0 saturated heterocycles. The number of rotatable bonds is 3. The second kappa shape index (κ2) is 5.35. The van der Waals surface area contributed by atoms with E-state index >= 15 is 0 Å². The predicted octanol–water partition coefficient (Wildman–Crippen LogP) is 3.30. The highest BCUT2D eigenvalue weighted by Crippen LogP contribution is 2.31. The van der Waals surface area contributed by atoms with Crippen LogP contribution in [-0.4, -0.2) is 5.91 Å². The lowest BCUT2D eigenvalue weighted by Gasteiger charge is -2.19. The lowest BCUT2D eigenvalue weighted by Crippen LogP contribution is -2.33. The van der Waals surface area contributed by atoms with Crippen molar-refractivity contribution in [3.8, 4) is 0 Å². The molecule has 0 spiro atoms. The second-order valence-corrected chi connectivity index (χ2v) is 5.16. The van der Waals surface area contributed by atoms with Crippen LogP contribution < -0.4 is 5.32 Å². The molecule has 1 saturated carbocycles. The molecule has 1 aromatic carbocycles. The van der Waals surface area contributed by atoms with Gasteiger partial charge in [0, 0.05) is 5.92 Å². The van der Waals surface area contributed by atoms with Crippen molar-refractivity contribution in [2.45, 2.75) is 39.2 Å². The monoisotopic (exact) mass is 231 g/mol. The van der Waals surface area contributed by atoms with Crippen LogP contribution in [0.15, 0.2) is 30.3 Å². The molecule has 2 rings (SSSR count). The Bertz CT molecular complexity index is 374. The molecule has 3 atom stereocenters. The van der Waals surface area contributed by atoms with Crippen molar-refractivity contribution in [1.82, 2.24) is 5.32 Å². The molecule has 0 radical (unpaired) electrons. The van der Waals surface area contributed by atoms with Gasteiger partial charge in [0.2, 0.25) is 5.91 Å². The average Bonchev–Trinajstić information content (AvgIpc) is 2.76. The number of carbonyl (C=O) groups is 1. The highest BCUT2D eigenvalue weighted by atomic mass is 16.1. The molecule has 1 aliphatic carbocycles. The third-order valence-corrected chi connectivity index (χ3v) is 3.86. The second-order valence-electron chi connectivity index (χ2n) is 5.16. The minimum atomic E-state index is 0.108. The topological polar surface area (TPSA) is 29.1 Å². The summed E-state index contributed by atoms with van der Waals surface area (Å²) in [7, 11) is 0. The van der Waals surface area contributed by atoms with Gasteiger partial charge < -0.3 is 5.32 Å². The minimum Gasteiger partial charge on any atom is -0.349 e. The van der Waals surface area contributed by atoms with Crippen LogP contribution in [0.3, 0.4) is 0 Å². The first-order valence-corrected chi connectivity index (χ1v) is 6.54. The number of carbonyl (C=O) groups excluding carboxylic acids is 1. The summed E-state index contributed by atoms with van der Waals surface area (Å²) in [5.41, 5.74) is 1.17.